The number of carbonyl (C=O) groups excluding carboxylic acids is 1. The van der Waals surface area contributed by atoms with E-state index in [9.17, 15) is 18.0 Å². The molecular formula is C19H19F3N2O2. The van der Waals surface area contributed by atoms with E-state index in [1.807, 2.05) is 6.07 Å². The molecule has 2 aromatic rings. The lowest BCUT2D eigenvalue weighted by atomic mass is 9.87. The largest absolute Gasteiger partial charge is 0.416 e. The molecule has 7 heteroatoms. The molecule has 0 radical (unpaired) electrons. The zero-order valence-electron chi connectivity index (χ0n) is 14.0. The summed E-state index contributed by atoms with van der Waals surface area (Å²) in [6.07, 6.45) is 0.357. The average molecular weight is 364 g/mol. The first-order chi connectivity index (χ1) is 12.4. The molecule has 4 nitrogen and oxygen atoms in total. The fourth-order valence-corrected chi connectivity index (χ4v) is 3.14. The van der Waals surface area contributed by atoms with Crippen molar-refractivity contribution < 1.29 is 22.7 Å². The number of hydrogen-bond acceptors (Lipinski definition) is 3. The molecule has 1 aromatic carbocycles. The van der Waals surface area contributed by atoms with Gasteiger partial charge < -0.3 is 10.1 Å². The predicted octanol–water partition coefficient (Wildman–Crippen LogP) is 4.00. The van der Waals surface area contributed by atoms with Crippen molar-refractivity contribution in [1.82, 2.24) is 10.3 Å². The van der Waals surface area contributed by atoms with Crippen LogP contribution in [0.15, 0.2) is 48.8 Å². The molecule has 1 aromatic heterocycles. The van der Waals surface area contributed by atoms with Gasteiger partial charge in [-0.15, -0.1) is 0 Å². The molecule has 1 N–H and O–H groups in total. The highest BCUT2D eigenvalue weighted by Gasteiger charge is 2.32. The number of benzene rings is 1. The summed E-state index contributed by atoms with van der Waals surface area (Å²) in [5.74, 6) is -0.390. The minimum atomic E-state index is -4.49. The molecule has 0 spiro atoms. The number of halogens is 3. The van der Waals surface area contributed by atoms with Crippen LogP contribution in [0, 0.1) is 5.92 Å². The number of pyridine rings is 1. The predicted molar refractivity (Wildman–Crippen MR) is 89.4 cm³/mol. The Balaban J connectivity index is 1.83. The Hall–Kier alpha value is -2.41. The van der Waals surface area contributed by atoms with Gasteiger partial charge in [0.1, 0.15) is 0 Å². The first kappa shape index (κ1) is 18.4. The van der Waals surface area contributed by atoms with Gasteiger partial charge in [-0.25, -0.2) is 0 Å². The summed E-state index contributed by atoms with van der Waals surface area (Å²) in [7, 11) is 0. The molecule has 1 unspecified atom stereocenters. The second-order valence-electron chi connectivity index (χ2n) is 6.27. The van der Waals surface area contributed by atoms with Gasteiger partial charge in [0.25, 0.3) is 5.91 Å². The van der Waals surface area contributed by atoms with E-state index in [0.29, 0.717) is 13.2 Å². The van der Waals surface area contributed by atoms with Crippen molar-refractivity contribution in [1.29, 1.82) is 0 Å². The first-order valence-electron chi connectivity index (χ1n) is 8.41. The number of rotatable bonds is 4. The third-order valence-electron chi connectivity index (χ3n) is 4.52. The molecule has 3 rings (SSSR count). The van der Waals surface area contributed by atoms with Crippen LogP contribution in [0.3, 0.4) is 0 Å². The molecule has 0 saturated carbocycles. The van der Waals surface area contributed by atoms with Crippen LogP contribution >= 0.6 is 0 Å². The van der Waals surface area contributed by atoms with Crippen LogP contribution in [-0.2, 0) is 10.9 Å². The molecule has 26 heavy (non-hydrogen) atoms. The lowest BCUT2D eigenvalue weighted by molar-refractivity contribution is -0.137. The molecule has 1 aliphatic rings. The summed E-state index contributed by atoms with van der Waals surface area (Å²) in [4.78, 5) is 16.7. The minimum absolute atomic E-state index is 0.0132. The maximum atomic E-state index is 12.9. The summed E-state index contributed by atoms with van der Waals surface area (Å²) in [5.41, 5.74) is -0.0188. The van der Waals surface area contributed by atoms with Crippen LogP contribution in [0.25, 0.3) is 0 Å². The van der Waals surface area contributed by atoms with Crippen LogP contribution in [-0.4, -0.2) is 24.1 Å². The van der Waals surface area contributed by atoms with E-state index in [1.54, 1.807) is 18.5 Å². The lowest BCUT2D eigenvalue weighted by Gasteiger charge is -2.31. The third kappa shape index (κ3) is 4.40. The van der Waals surface area contributed by atoms with Crippen molar-refractivity contribution in [3.63, 3.8) is 0 Å². The van der Waals surface area contributed by atoms with E-state index in [4.69, 9.17) is 4.74 Å². The number of hydrogen-bond donors (Lipinski definition) is 1. The summed E-state index contributed by atoms with van der Waals surface area (Å²) in [6, 6.07) is 7.76. The molecule has 1 atom stereocenters. The number of amides is 1. The van der Waals surface area contributed by atoms with E-state index in [2.05, 4.69) is 10.3 Å². The molecule has 1 aliphatic heterocycles. The number of alkyl halides is 3. The third-order valence-corrected chi connectivity index (χ3v) is 4.52. The van der Waals surface area contributed by atoms with Crippen molar-refractivity contribution in [3.8, 4) is 0 Å². The molecule has 1 saturated heterocycles. The Morgan fingerprint density at radius 1 is 1.19 bits per heavy atom. The smallest absolute Gasteiger partial charge is 0.381 e. The van der Waals surface area contributed by atoms with Crippen LogP contribution in [0.1, 0.15) is 40.4 Å². The summed E-state index contributed by atoms with van der Waals surface area (Å²) < 4.78 is 44.1. The maximum Gasteiger partial charge on any atom is 0.416 e. The van der Waals surface area contributed by atoms with Gasteiger partial charge in [-0.1, -0.05) is 12.1 Å². The highest BCUT2D eigenvalue weighted by molar-refractivity contribution is 5.94. The number of nitrogens with zero attached hydrogens (tertiary/aromatic N) is 1. The van der Waals surface area contributed by atoms with Crippen LogP contribution in [0.5, 0.6) is 0 Å². The average Bonchev–Trinajstić information content (AvgIpc) is 2.67. The van der Waals surface area contributed by atoms with Gasteiger partial charge in [-0.2, -0.15) is 13.2 Å². The Morgan fingerprint density at radius 3 is 2.62 bits per heavy atom. The van der Waals surface area contributed by atoms with Crippen molar-refractivity contribution in [2.24, 2.45) is 5.92 Å². The monoisotopic (exact) mass is 364 g/mol. The zero-order valence-corrected chi connectivity index (χ0v) is 14.0. The zero-order chi connectivity index (χ0) is 18.6. The van der Waals surface area contributed by atoms with Crippen molar-refractivity contribution in [3.05, 3.63) is 65.5 Å². The fourth-order valence-electron chi connectivity index (χ4n) is 3.14. The van der Waals surface area contributed by atoms with E-state index in [1.165, 1.54) is 12.1 Å². The van der Waals surface area contributed by atoms with Gasteiger partial charge in [-0.3, -0.25) is 9.78 Å². The van der Waals surface area contributed by atoms with Crippen LogP contribution in [0.2, 0.25) is 0 Å². The Labute approximate surface area is 149 Å². The second kappa shape index (κ2) is 7.86. The van der Waals surface area contributed by atoms with Crippen LogP contribution in [0.4, 0.5) is 13.2 Å². The molecule has 2 heterocycles. The maximum absolute atomic E-state index is 12.9. The molecule has 1 fully saturated rings. The van der Waals surface area contributed by atoms with Gasteiger partial charge >= 0.3 is 6.18 Å². The number of nitrogens with one attached hydrogen (secondary N) is 1. The SMILES string of the molecule is O=C(NC(c1cccnc1)C1CCOCC1)c1cccc(C(F)(F)F)c1. The summed E-state index contributed by atoms with van der Waals surface area (Å²) >= 11 is 0. The van der Waals surface area contributed by atoms with Crippen molar-refractivity contribution in [2.45, 2.75) is 25.1 Å². The summed E-state index contributed by atoms with van der Waals surface area (Å²) in [5, 5.41) is 2.90. The van der Waals surface area contributed by atoms with Crippen molar-refractivity contribution >= 4 is 5.91 Å². The molecule has 1 amide bonds. The van der Waals surface area contributed by atoms with E-state index in [0.717, 1.165) is 30.5 Å². The highest BCUT2D eigenvalue weighted by Crippen LogP contribution is 2.31. The van der Waals surface area contributed by atoms with E-state index in [-0.39, 0.29) is 17.5 Å². The Kier molecular flexibility index (Phi) is 5.56. The van der Waals surface area contributed by atoms with E-state index >= 15 is 0 Å². The van der Waals surface area contributed by atoms with Crippen LogP contribution < -0.4 is 5.32 Å². The van der Waals surface area contributed by atoms with E-state index < -0.39 is 17.6 Å². The number of carbonyl (C=O) groups is 1. The Morgan fingerprint density at radius 2 is 1.96 bits per heavy atom. The molecule has 0 aliphatic carbocycles. The lowest BCUT2D eigenvalue weighted by Crippen LogP contribution is -2.36. The quantitative estimate of drug-likeness (QED) is 0.892. The van der Waals surface area contributed by atoms with Gasteiger partial charge in [0, 0.05) is 31.2 Å². The van der Waals surface area contributed by atoms with Gasteiger partial charge in [-0.05, 0) is 48.6 Å². The summed E-state index contributed by atoms with van der Waals surface area (Å²) in [6.45, 7) is 1.20. The number of aromatic nitrogens is 1. The van der Waals surface area contributed by atoms with Gasteiger partial charge in [0.05, 0.1) is 11.6 Å². The number of ether oxygens (including phenoxy) is 1. The molecule has 138 valence electrons. The fraction of sp³-hybridized carbons (Fsp3) is 0.368. The topological polar surface area (TPSA) is 51.2 Å². The minimum Gasteiger partial charge on any atom is -0.381 e. The second-order valence-corrected chi connectivity index (χ2v) is 6.27. The highest BCUT2D eigenvalue weighted by atomic mass is 19.4. The normalized spacial score (nSPS) is 16.9. The standard InChI is InChI=1S/C19H19F3N2O2/c20-19(21,22)16-5-1-3-14(11-16)18(25)24-17(13-6-9-26-10-7-13)15-4-2-8-23-12-15/h1-5,8,11-13,17H,6-7,9-10H2,(H,24,25). The molecular weight excluding hydrogens is 345 g/mol. The van der Waals surface area contributed by atoms with Gasteiger partial charge in [0.15, 0.2) is 0 Å². The Bertz CT molecular complexity index is 744. The molecule has 0 bridgehead atoms. The van der Waals surface area contributed by atoms with Crippen molar-refractivity contribution in [2.75, 3.05) is 13.2 Å². The van der Waals surface area contributed by atoms with Gasteiger partial charge in [0.2, 0.25) is 0 Å². The first-order valence-corrected chi connectivity index (χ1v) is 8.41.